The first kappa shape index (κ1) is 15.3. The fourth-order valence-electron chi connectivity index (χ4n) is 3.29. The molecule has 2 aliphatic heterocycles. The molecule has 1 atom stereocenters. The Balaban J connectivity index is 1.43. The lowest BCUT2D eigenvalue weighted by atomic mass is 10.0. The predicted octanol–water partition coefficient (Wildman–Crippen LogP) is 2.37. The molecule has 5 heteroatoms. The molecule has 0 bridgehead atoms. The molecule has 0 aliphatic carbocycles. The minimum Gasteiger partial charge on any atom is -0.380 e. The van der Waals surface area contributed by atoms with Crippen LogP contribution in [0.4, 0.5) is 10.5 Å². The standard InChI is InChI=1S/C17H25N3O2/c1-13-3-2-4-15(11-13)19-17(21)18-14-5-8-20(9-6-14)16-7-10-22-12-16/h2-4,11,14,16H,5-10,12H2,1H3,(H2,18,19,21)/t16-/m0/s1. The second kappa shape index (κ2) is 7.11. The first-order valence-corrected chi connectivity index (χ1v) is 8.17. The van der Waals surface area contributed by atoms with E-state index in [0.29, 0.717) is 6.04 Å². The van der Waals surface area contributed by atoms with Crippen LogP contribution in [0.5, 0.6) is 0 Å². The average molecular weight is 303 g/mol. The van der Waals surface area contributed by atoms with Crippen molar-refractivity contribution in [3.8, 4) is 0 Å². The Kier molecular flexibility index (Phi) is 4.95. The molecular formula is C17H25N3O2. The molecule has 0 spiro atoms. The zero-order valence-electron chi connectivity index (χ0n) is 13.2. The lowest BCUT2D eigenvalue weighted by Crippen LogP contribution is -2.49. The van der Waals surface area contributed by atoms with Gasteiger partial charge in [0.05, 0.1) is 6.61 Å². The third-order valence-electron chi connectivity index (χ3n) is 4.56. The second-order valence-electron chi connectivity index (χ2n) is 6.30. The summed E-state index contributed by atoms with van der Waals surface area (Å²) in [7, 11) is 0. The number of likely N-dealkylation sites (tertiary alicyclic amines) is 1. The number of hydrogen-bond acceptors (Lipinski definition) is 3. The number of rotatable bonds is 3. The number of ether oxygens (including phenoxy) is 1. The minimum atomic E-state index is -0.103. The predicted molar refractivity (Wildman–Crippen MR) is 87.2 cm³/mol. The highest BCUT2D eigenvalue weighted by Gasteiger charge is 2.28. The largest absolute Gasteiger partial charge is 0.380 e. The summed E-state index contributed by atoms with van der Waals surface area (Å²) in [5.41, 5.74) is 1.99. The van der Waals surface area contributed by atoms with E-state index in [9.17, 15) is 4.79 Å². The molecule has 1 aromatic rings. The lowest BCUT2D eigenvalue weighted by molar-refractivity contribution is 0.118. The second-order valence-corrected chi connectivity index (χ2v) is 6.30. The molecule has 2 N–H and O–H groups in total. The van der Waals surface area contributed by atoms with Crippen molar-refractivity contribution in [3.63, 3.8) is 0 Å². The highest BCUT2D eigenvalue weighted by atomic mass is 16.5. The topological polar surface area (TPSA) is 53.6 Å². The van der Waals surface area contributed by atoms with Gasteiger partial charge in [-0.3, -0.25) is 4.90 Å². The van der Waals surface area contributed by atoms with Gasteiger partial charge in [0.25, 0.3) is 0 Å². The van der Waals surface area contributed by atoms with E-state index in [2.05, 4.69) is 15.5 Å². The number of aryl methyl sites for hydroxylation is 1. The van der Waals surface area contributed by atoms with Crippen molar-refractivity contribution in [2.75, 3.05) is 31.6 Å². The summed E-state index contributed by atoms with van der Waals surface area (Å²) in [6, 6.07) is 8.61. The molecule has 2 amide bonds. The van der Waals surface area contributed by atoms with Gasteiger partial charge in [0.15, 0.2) is 0 Å². The maximum Gasteiger partial charge on any atom is 0.319 e. The molecule has 1 aromatic carbocycles. The molecule has 0 unspecified atom stereocenters. The number of hydrogen-bond donors (Lipinski definition) is 2. The Labute approximate surface area is 132 Å². The van der Waals surface area contributed by atoms with Gasteiger partial charge in [0, 0.05) is 37.5 Å². The van der Waals surface area contributed by atoms with E-state index in [-0.39, 0.29) is 12.1 Å². The monoisotopic (exact) mass is 303 g/mol. The molecule has 2 fully saturated rings. The van der Waals surface area contributed by atoms with Gasteiger partial charge in [-0.15, -0.1) is 0 Å². The van der Waals surface area contributed by atoms with Crippen LogP contribution in [-0.2, 0) is 4.74 Å². The minimum absolute atomic E-state index is 0.103. The normalized spacial score (nSPS) is 23.4. The van der Waals surface area contributed by atoms with Crippen LogP contribution in [0.2, 0.25) is 0 Å². The van der Waals surface area contributed by atoms with Crippen molar-refractivity contribution < 1.29 is 9.53 Å². The SMILES string of the molecule is Cc1cccc(NC(=O)NC2CCN([C@H]3CCOC3)CC2)c1. The van der Waals surface area contributed by atoms with Crippen molar-refractivity contribution >= 4 is 11.7 Å². The summed E-state index contributed by atoms with van der Waals surface area (Å²) in [6.07, 6.45) is 3.17. The molecule has 120 valence electrons. The van der Waals surface area contributed by atoms with Crippen LogP contribution in [0.25, 0.3) is 0 Å². The third kappa shape index (κ3) is 3.99. The molecular weight excluding hydrogens is 278 g/mol. The van der Waals surface area contributed by atoms with E-state index in [1.54, 1.807) is 0 Å². The van der Waals surface area contributed by atoms with E-state index in [1.165, 1.54) is 0 Å². The number of carbonyl (C=O) groups excluding carboxylic acids is 1. The molecule has 2 aliphatic rings. The lowest BCUT2D eigenvalue weighted by Gasteiger charge is -2.35. The van der Waals surface area contributed by atoms with Gasteiger partial charge < -0.3 is 15.4 Å². The van der Waals surface area contributed by atoms with E-state index >= 15 is 0 Å². The number of carbonyl (C=O) groups is 1. The van der Waals surface area contributed by atoms with Crippen molar-refractivity contribution in [1.29, 1.82) is 0 Å². The summed E-state index contributed by atoms with van der Waals surface area (Å²) < 4.78 is 5.46. The zero-order chi connectivity index (χ0) is 15.4. The van der Waals surface area contributed by atoms with Crippen LogP contribution < -0.4 is 10.6 Å². The van der Waals surface area contributed by atoms with Gasteiger partial charge >= 0.3 is 6.03 Å². The number of piperidine rings is 1. The summed E-state index contributed by atoms with van der Waals surface area (Å²) in [6.45, 7) is 5.87. The van der Waals surface area contributed by atoms with Gasteiger partial charge in [-0.1, -0.05) is 12.1 Å². The fraction of sp³-hybridized carbons (Fsp3) is 0.588. The van der Waals surface area contributed by atoms with Crippen LogP contribution in [0, 0.1) is 6.92 Å². The van der Waals surface area contributed by atoms with Crippen molar-refractivity contribution in [2.45, 2.75) is 38.3 Å². The summed E-state index contributed by atoms with van der Waals surface area (Å²) in [4.78, 5) is 14.6. The number of nitrogens with one attached hydrogen (secondary N) is 2. The number of anilines is 1. The van der Waals surface area contributed by atoms with Gasteiger partial charge in [-0.25, -0.2) is 4.79 Å². The van der Waals surface area contributed by atoms with Crippen LogP contribution >= 0.6 is 0 Å². The highest BCUT2D eigenvalue weighted by Crippen LogP contribution is 2.19. The van der Waals surface area contributed by atoms with E-state index in [0.717, 1.165) is 56.8 Å². The average Bonchev–Trinajstić information content (AvgIpc) is 3.02. The molecule has 2 heterocycles. The molecule has 0 saturated carbocycles. The Bertz CT molecular complexity index is 506. The maximum absolute atomic E-state index is 12.1. The Morgan fingerprint density at radius 3 is 2.77 bits per heavy atom. The smallest absolute Gasteiger partial charge is 0.319 e. The summed E-state index contributed by atoms with van der Waals surface area (Å²) in [5, 5.41) is 6.00. The van der Waals surface area contributed by atoms with E-state index < -0.39 is 0 Å². The van der Waals surface area contributed by atoms with Gasteiger partial charge in [-0.2, -0.15) is 0 Å². The quantitative estimate of drug-likeness (QED) is 0.901. The molecule has 2 saturated heterocycles. The highest BCUT2D eigenvalue weighted by molar-refractivity contribution is 5.89. The number of urea groups is 1. The zero-order valence-corrected chi connectivity index (χ0v) is 13.2. The Hall–Kier alpha value is -1.59. The molecule has 22 heavy (non-hydrogen) atoms. The van der Waals surface area contributed by atoms with Crippen LogP contribution in [-0.4, -0.2) is 49.3 Å². The molecule has 5 nitrogen and oxygen atoms in total. The summed E-state index contributed by atoms with van der Waals surface area (Å²) in [5.74, 6) is 0. The molecule has 0 aromatic heterocycles. The fourth-order valence-corrected chi connectivity index (χ4v) is 3.29. The van der Waals surface area contributed by atoms with Crippen molar-refractivity contribution in [2.24, 2.45) is 0 Å². The van der Waals surface area contributed by atoms with Crippen LogP contribution in [0.1, 0.15) is 24.8 Å². The maximum atomic E-state index is 12.1. The third-order valence-corrected chi connectivity index (χ3v) is 4.56. The van der Waals surface area contributed by atoms with Gasteiger partial charge in [-0.05, 0) is 43.9 Å². The number of benzene rings is 1. The molecule has 3 rings (SSSR count). The van der Waals surface area contributed by atoms with Crippen LogP contribution in [0.15, 0.2) is 24.3 Å². The molecule has 0 radical (unpaired) electrons. The first-order valence-electron chi connectivity index (χ1n) is 8.17. The van der Waals surface area contributed by atoms with E-state index in [4.69, 9.17) is 4.74 Å². The van der Waals surface area contributed by atoms with Crippen molar-refractivity contribution in [3.05, 3.63) is 29.8 Å². The summed E-state index contributed by atoms with van der Waals surface area (Å²) >= 11 is 0. The first-order chi connectivity index (χ1) is 10.7. The number of amides is 2. The van der Waals surface area contributed by atoms with Gasteiger partial charge in [0.2, 0.25) is 0 Å². The van der Waals surface area contributed by atoms with Crippen molar-refractivity contribution in [1.82, 2.24) is 10.2 Å². The Morgan fingerprint density at radius 2 is 2.09 bits per heavy atom. The van der Waals surface area contributed by atoms with Gasteiger partial charge in [0.1, 0.15) is 0 Å². The number of nitrogens with zero attached hydrogens (tertiary/aromatic N) is 1. The van der Waals surface area contributed by atoms with Crippen LogP contribution in [0.3, 0.4) is 0 Å². The Morgan fingerprint density at radius 1 is 1.27 bits per heavy atom. The van der Waals surface area contributed by atoms with E-state index in [1.807, 2.05) is 31.2 Å².